The van der Waals surface area contributed by atoms with Gasteiger partial charge in [0.1, 0.15) is 0 Å². The number of hydrogen-bond donors (Lipinski definition) is 1. The zero-order valence-corrected chi connectivity index (χ0v) is 17.8. The fourth-order valence-corrected chi connectivity index (χ4v) is 3.72. The van der Waals surface area contributed by atoms with Crippen LogP contribution in [0.4, 0.5) is 4.79 Å². The lowest BCUT2D eigenvalue weighted by Gasteiger charge is -2.26. The van der Waals surface area contributed by atoms with Crippen LogP contribution in [0.25, 0.3) is 0 Å². The predicted molar refractivity (Wildman–Crippen MR) is 107 cm³/mol. The van der Waals surface area contributed by atoms with E-state index in [9.17, 15) is 13.2 Å². The molecule has 0 fully saturated rings. The first-order chi connectivity index (χ1) is 12.1. The lowest BCUT2D eigenvalue weighted by atomic mass is 10.1. The van der Waals surface area contributed by atoms with Gasteiger partial charge in [0.25, 0.3) is 0 Å². The predicted octanol–water partition coefficient (Wildman–Crippen LogP) is 4.41. The van der Waals surface area contributed by atoms with Crippen LogP contribution in [0.5, 0.6) is 0 Å². The van der Waals surface area contributed by atoms with Crippen molar-refractivity contribution in [3.05, 3.63) is 63.1 Å². The third-order valence-corrected chi connectivity index (χ3v) is 6.11. The monoisotopic (exact) mass is 458 g/mol. The van der Waals surface area contributed by atoms with Gasteiger partial charge in [-0.15, -0.1) is 0 Å². The number of rotatable bonds is 5. The van der Waals surface area contributed by atoms with Crippen molar-refractivity contribution in [3.63, 3.8) is 0 Å². The summed E-state index contributed by atoms with van der Waals surface area (Å²) >= 11 is 9.50. The standard InChI is InChI=1S/C18H20BrClN2O3S/c1-12(13-5-8-16(9-6-13)26(3,24)25)22(2)18(23)21-11-14-4-7-15(19)10-17(14)20/h4-10,12H,11H2,1-3H3,(H,21,23). The molecule has 0 bridgehead atoms. The molecule has 0 spiro atoms. The molecule has 1 N–H and O–H groups in total. The number of nitrogens with zero attached hydrogens (tertiary/aromatic N) is 1. The molecule has 0 radical (unpaired) electrons. The Morgan fingerprint density at radius 3 is 2.38 bits per heavy atom. The number of carbonyl (C=O) groups excluding carboxylic acids is 1. The lowest BCUT2D eigenvalue weighted by Crippen LogP contribution is -2.38. The number of benzene rings is 2. The summed E-state index contributed by atoms with van der Waals surface area (Å²) in [4.78, 5) is 14.2. The third-order valence-electron chi connectivity index (χ3n) is 4.14. The van der Waals surface area contributed by atoms with Gasteiger partial charge in [-0.3, -0.25) is 0 Å². The van der Waals surface area contributed by atoms with E-state index in [0.29, 0.717) is 11.6 Å². The first-order valence-corrected chi connectivity index (χ1v) is 10.9. The molecule has 0 aliphatic carbocycles. The van der Waals surface area contributed by atoms with Gasteiger partial charge in [0.15, 0.2) is 9.84 Å². The summed E-state index contributed by atoms with van der Waals surface area (Å²) in [6, 6.07) is 11.6. The van der Waals surface area contributed by atoms with E-state index >= 15 is 0 Å². The fraction of sp³-hybridized carbons (Fsp3) is 0.278. The van der Waals surface area contributed by atoms with Crippen molar-refractivity contribution >= 4 is 43.4 Å². The molecule has 26 heavy (non-hydrogen) atoms. The van der Waals surface area contributed by atoms with Gasteiger partial charge in [0.2, 0.25) is 0 Å². The van der Waals surface area contributed by atoms with Gasteiger partial charge in [0.05, 0.1) is 10.9 Å². The van der Waals surface area contributed by atoms with E-state index in [1.165, 1.54) is 0 Å². The summed E-state index contributed by atoms with van der Waals surface area (Å²) in [6.07, 6.45) is 1.16. The minimum atomic E-state index is -3.24. The Hall–Kier alpha value is -1.57. The van der Waals surface area contributed by atoms with Gasteiger partial charge in [-0.2, -0.15) is 0 Å². The number of halogens is 2. The summed E-state index contributed by atoms with van der Waals surface area (Å²) < 4.78 is 23.9. The summed E-state index contributed by atoms with van der Waals surface area (Å²) in [7, 11) is -1.55. The van der Waals surface area contributed by atoms with Gasteiger partial charge < -0.3 is 10.2 Å². The molecule has 2 amide bonds. The molecule has 140 valence electrons. The van der Waals surface area contributed by atoms with Crippen LogP contribution in [0.1, 0.15) is 24.1 Å². The molecule has 2 aromatic carbocycles. The van der Waals surface area contributed by atoms with Crippen molar-refractivity contribution in [1.29, 1.82) is 0 Å². The van der Waals surface area contributed by atoms with Crippen LogP contribution in [-0.2, 0) is 16.4 Å². The largest absolute Gasteiger partial charge is 0.334 e. The highest BCUT2D eigenvalue weighted by atomic mass is 79.9. The molecule has 1 unspecified atom stereocenters. The molecule has 0 saturated heterocycles. The number of amides is 2. The van der Waals surface area contributed by atoms with E-state index in [-0.39, 0.29) is 17.0 Å². The highest BCUT2D eigenvalue weighted by molar-refractivity contribution is 9.10. The fourth-order valence-electron chi connectivity index (χ4n) is 2.35. The molecule has 0 saturated carbocycles. The van der Waals surface area contributed by atoms with Gasteiger partial charge in [0, 0.05) is 29.3 Å². The van der Waals surface area contributed by atoms with Crippen molar-refractivity contribution in [2.24, 2.45) is 0 Å². The first kappa shape index (κ1) is 20.7. The number of carbonyl (C=O) groups is 1. The minimum absolute atomic E-state index is 0.219. The maximum absolute atomic E-state index is 12.4. The highest BCUT2D eigenvalue weighted by Gasteiger charge is 2.18. The highest BCUT2D eigenvalue weighted by Crippen LogP contribution is 2.23. The quantitative estimate of drug-likeness (QED) is 0.720. The smallest absolute Gasteiger partial charge is 0.317 e. The zero-order chi connectivity index (χ0) is 19.5. The van der Waals surface area contributed by atoms with Crippen LogP contribution >= 0.6 is 27.5 Å². The van der Waals surface area contributed by atoms with Crippen LogP contribution in [0.3, 0.4) is 0 Å². The normalized spacial score (nSPS) is 12.5. The van der Waals surface area contributed by atoms with Crippen molar-refractivity contribution in [3.8, 4) is 0 Å². The summed E-state index contributed by atoms with van der Waals surface area (Å²) in [5, 5.41) is 3.41. The molecule has 0 heterocycles. The lowest BCUT2D eigenvalue weighted by molar-refractivity contribution is 0.194. The topological polar surface area (TPSA) is 66.5 Å². The maximum atomic E-state index is 12.4. The Bertz CT molecular complexity index is 901. The second-order valence-electron chi connectivity index (χ2n) is 6.02. The number of hydrogen-bond acceptors (Lipinski definition) is 3. The maximum Gasteiger partial charge on any atom is 0.317 e. The molecule has 0 aromatic heterocycles. The first-order valence-electron chi connectivity index (χ1n) is 7.84. The van der Waals surface area contributed by atoms with Crippen molar-refractivity contribution in [2.75, 3.05) is 13.3 Å². The van der Waals surface area contributed by atoms with Crippen LogP contribution in [0.15, 0.2) is 51.8 Å². The van der Waals surface area contributed by atoms with Crippen LogP contribution in [0.2, 0.25) is 5.02 Å². The summed E-state index contributed by atoms with van der Waals surface area (Å²) in [5.74, 6) is 0. The third kappa shape index (κ3) is 5.22. The average molecular weight is 460 g/mol. The Kier molecular flexibility index (Phi) is 6.71. The summed E-state index contributed by atoms with van der Waals surface area (Å²) in [6.45, 7) is 2.19. The molecule has 8 heteroatoms. The van der Waals surface area contributed by atoms with E-state index in [2.05, 4.69) is 21.2 Å². The Labute approximate surface area is 167 Å². The van der Waals surface area contributed by atoms with Gasteiger partial charge in [-0.25, -0.2) is 13.2 Å². The molecular weight excluding hydrogens is 440 g/mol. The average Bonchev–Trinajstić information content (AvgIpc) is 2.58. The molecule has 5 nitrogen and oxygen atoms in total. The van der Waals surface area contributed by atoms with Gasteiger partial charge in [-0.1, -0.05) is 45.7 Å². The van der Waals surface area contributed by atoms with Gasteiger partial charge in [-0.05, 0) is 42.3 Å². The van der Waals surface area contributed by atoms with Crippen molar-refractivity contribution < 1.29 is 13.2 Å². The SMILES string of the molecule is CC(c1ccc(S(C)(=O)=O)cc1)N(C)C(=O)NCc1ccc(Br)cc1Cl. The minimum Gasteiger partial charge on any atom is -0.334 e. The molecule has 2 rings (SSSR count). The Morgan fingerprint density at radius 2 is 1.85 bits per heavy atom. The van der Waals surface area contributed by atoms with Gasteiger partial charge >= 0.3 is 6.03 Å². The second kappa shape index (κ2) is 8.41. The molecular formula is C18H20BrClN2O3S. The molecule has 2 aromatic rings. The number of nitrogens with one attached hydrogen (secondary N) is 1. The Balaban J connectivity index is 2.02. The van der Waals surface area contributed by atoms with E-state index in [0.717, 1.165) is 21.9 Å². The molecule has 1 atom stereocenters. The zero-order valence-electron chi connectivity index (χ0n) is 14.7. The molecule has 0 aliphatic rings. The van der Waals surface area contributed by atoms with Crippen LogP contribution in [0, 0.1) is 0 Å². The molecule has 0 aliphatic heterocycles. The van der Waals surface area contributed by atoms with E-state index in [4.69, 9.17) is 11.6 Å². The van der Waals surface area contributed by atoms with Crippen LogP contribution < -0.4 is 5.32 Å². The number of sulfone groups is 1. The Morgan fingerprint density at radius 1 is 1.23 bits per heavy atom. The van der Waals surface area contributed by atoms with E-state index < -0.39 is 9.84 Å². The second-order valence-corrected chi connectivity index (χ2v) is 9.36. The number of urea groups is 1. The van der Waals surface area contributed by atoms with Crippen molar-refractivity contribution in [2.45, 2.75) is 24.4 Å². The van der Waals surface area contributed by atoms with Crippen molar-refractivity contribution in [1.82, 2.24) is 10.2 Å². The van der Waals surface area contributed by atoms with E-state index in [1.54, 1.807) is 42.3 Å². The van der Waals surface area contributed by atoms with Crippen LogP contribution in [-0.4, -0.2) is 32.7 Å². The summed E-state index contributed by atoms with van der Waals surface area (Å²) in [5.41, 5.74) is 1.67. The van der Waals surface area contributed by atoms with E-state index in [1.807, 2.05) is 19.1 Å².